The third-order valence-corrected chi connectivity index (χ3v) is 6.30. The van der Waals surface area contributed by atoms with Gasteiger partial charge in [-0.2, -0.15) is 9.78 Å². The first kappa shape index (κ1) is 20.6. The van der Waals surface area contributed by atoms with Gasteiger partial charge >= 0.3 is 0 Å². The molecule has 1 atom stereocenters. The highest BCUT2D eigenvalue weighted by Gasteiger charge is 2.25. The van der Waals surface area contributed by atoms with Crippen LogP contribution in [0, 0.1) is 0 Å². The van der Waals surface area contributed by atoms with Crippen LogP contribution in [0.15, 0.2) is 36.0 Å². The molecule has 1 aliphatic heterocycles. The quantitative estimate of drug-likeness (QED) is 0.596. The molecule has 0 radical (unpaired) electrons. The number of carbonyl (C=O) groups is 1. The van der Waals surface area contributed by atoms with E-state index in [4.69, 9.17) is 4.74 Å². The first-order chi connectivity index (χ1) is 14.7. The number of carbonyl (C=O) groups excluding carboxylic acids is 1. The summed E-state index contributed by atoms with van der Waals surface area (Å²) in [6, 6.07) is 6.25. The molecule has 1 N–H and O–H groups in total. The van der Waals surface area contributed by atoms with Gasteiger partial charge in [-0.1, -0.05) is 13.0 Å². The van der Waals surface area contributed by atoms with Gasteiger partial charge in [0.1, 0.15) is 0 Å². The molecule has 3 aromatic heterocycles. The van der Waals surface area contributed by atoms with Gasteiger partial charge in [-0.3, -0.25) is 9.69 Å². The molecule has 4 rings (SSSR count). The Balaban J connectivity index is 1.56. The molecule has 4 heterocycles. The summed E-state index contributed by atoms with van der Waals surface area (Å²) in [6.07, 6.45) is 5.56. The molecule has 0 saturated carbocycles. The molecule has 0 unspecified atom stereocenters. The van der Waals surface area contributed by atoms with Crippen molar-refractivity contribution in [1.29, 1.82) is 0 Å². The number of aromatic nitrogens is 4. The highest BCUT2D eigenvalue weighted by atomic mass is 32.1. The topological polar surface area (TPSA) is 85.2 Å². The van der Waals surface area contributed by atoms with Crippen molar-refractivity contribution in [3.05, 3.63) is 47.2 Å². The number of ether oxygens (including phenoxy) is 1. The van der Waals surface area contributed by atoms with Gasteiger partial charge < -0.3 is 10.1 Å². The van der Waals surface area contributed by atoms with Gasteiger partial charge in [0, 0.05) is 25.9 Å². The summed E-state index contributed by atoms with van der Waals surface area (Å²) in [7, 11) is 1.60. The smallest absolute Gasteiger partial charge is 0.254 e. The standard InChI is InChI=1S/C21H26N6O2S/c1-3-26-10-4-6-15(26)12-23-20(28)16-13-24-27(18(16)14-29-2)21-22-9-8-17(25-21)19-7-5-11-30-19/h5,7-9,11,13,15H,3-4,6,10,12,14H2,1-2H3,(H,23,28)/t15-/m1/s1. The maximum atomic E-state index is 12.9. The largest absolute Gasteiger partial charge is 0.378 e. The molecule has 0 aromatic carbocycles. The lowest BCUT2D eigenvalue weighted by atomic mass is 10.2. The number of likely N-dealkylation sites (tertiary alicyclic amines) is 1. The van der Waals surface area contributed by atoms with E-state index in [1.54, 1.807) is 35.5 Å². The van der Waals surface area contributed by atoms with Gasteiger partial charge in [0.25, 0.3) is 11.9 Å². The lowest BCUT2D eigenvalue weighted by Gasteiger charge is -2.22. The van der Waals surface area contributed by atoms with Gasteiger partial charge in [-0.15, -0.1) is 11.3 Å². The number of hydrogen-bond donors (Lipinski definition) is 1. The number of methoxy groups -OCH3 is 1. The molecular weight excluding hydrogens is 400 g/mol. The first-order valence-corrected chi connectivity index (χ1v) is 11.0. The van der Waals surface area contributed by atoms with Crippen LogP contribution >= 0.6 is 11.3 Å². The minimum absolute atomic E-state index is 0.148. The molecule has 0 bridgehead atoms. The van der Waals surface area contributed by atoms with Crippen LogP contribution in [-0.4, -0.2) is 63.3 Å². The number of likely N-dealkylation sites (N-methyl/N-ethyl adjacent to an activating group) is 1. The molecule has 0 aliphatic carbocycles. The van der Waals surface area contributed by atoms with Gasteiger partial charge in [0.05, 0.1) is 34.6 Å². The van der Waals surface area contributed by atoms with Crippen molar-refractivity contribution in [3.63, 3.8) is 0 Å². The summed E-state index contributed by atoms with van der Waals surface area (Å²) < 4.78 is 6.94. The van der Waals surface area contributed by atoms with Crippen LogP contribution in [0.5, 0.6) is 0 Å². The molecule has 1 aliphatic rings. The summed E-state index contributed by atoms with van der Waals surface area (Å²) >= 11 is 1.61. The zero-order valence-corrected chi connectivity index (χ0v) is 18.1. The van der Waals surface area contributed by atoms with Crippen molar-refractivity contribution in [2.24, 2.45) is 0 Å². The van der Waals surface area contributed by atoms with Gasteiger partial charge in [-0.25, -0.2) is 9.97 Å². The Hall–Kier alpha value is -2.62. The molecule has 158 valence electrons. The Morgan fingerprint density at radius 2 is 2.30 bits per heavy atom. The Morgan fingerprint density at radius 3 is 3.07 bits per heavy atom. The molecule has 9 heteroatoms. The van der Waals surface area contributed by atoms with Crippen molar-refractivity contribution in [2.75, 3.05) is 26.7 Å². The van der Waals surface area contributed by atoms with Crippen molar-refractivity contribution >= 4 is 17.2 Å². The number of nitrogens with one attached hydrogen (secondary N) is 1. The summed E-state index contributed by atoms with van der Waals surface area (Å²) in [6.45, 7) is 5.13. The molecule has 30 heavy (non-hydrogen) atoms. The fourth-order valence-electron chi connectivity index (χ4n) is 3.87. The summed E-state index contributed by atoms with van der Waals surface area (Å²) in [4.78, 5) is 25.4. The molecule has 8 nitrogen and oxygen atoms in total. The van der Waals surface area contributed by atoms with E-state index in [9.17, 15) is 4.79 Å². The van der Waals surface area contributed by atoms with E-state index in [0.717, 1.165) is 30.1 Å². The van der Waals surface area contributed by atoms with E-state index in [1.807, 2.05) is 23.6 Å². The van der Waals surface area contributed by atoms with Crippen molar-refractivity contribution < 1.29 is 9.53 Å². The third kappa shape index (κ3) is 4.28. The van der Waals surface area contributed by atoms with Gasteiger partial charge in [0.15, 0.2) is 0 Å². The SMILES string of the molecule is CCN1CCC[C@@H]1CNC(=O)c1cnn(-c2nccc(-c3cccs3)n2)c1COC. The van der Waals surface area contributed by atoms with E-state index < -0.39 is 0 Å². The van der Waals surface area contributed by atoms with Crippen LogP contribution in [0.25, 0.3) is 16.5 Å². The maximum Gasteiger partial charge on any atom is 0.254 e. The average molecular weight is 427 g/mol. The summed E-state index contributed by atoms with van der Waals surface area (Å²) in [5, 5.41) is 9.48. The van der Waals surface area contributed by atoms with Crippen molar-refractivity contribution in [1.82, 2.24) is 30.0 Å². The van der Waals surface area contributed by atoms with Crippen molar-refractivity contribution in [2.45, 2.75) is 32.4 Å². The van der Waals surface area contributed by atoms with E-state index in [-0.39, 0.29) is 12.5 Å². The zero-order chi connectivity index (χ0) is 20.9. The Bertz CT molecular complexity index is 987. The second-order valence-corrected chi connectivity index (χ2v) is 8.15. The number of amides is 1. The van der Waals surface area contributed by atoms with Crippen LogP contribution in [0.1, 0.15) is 35.8 Å². The number of rotatable bonds is 8. The normalized spacial score (nSPS) is 16.8. The highest BCUT2D eigenvalue weighted by Crippen LogP contribution is 2.23. The fraction of sp³-hybridized carbons (Fsp3) is 0.429. The molecule has 1 amide bonds. The van der Waals surface area contributed by atoms with E-state index in [0.29, 0.717) is 29.8 Å². The Kier molecular flexibility index (Phi) is 6.51. The van der Waals surface area contributed by atoms with Crippen LogP contribution in [0.4, 0.5) is 0 Å². The predicted octanol–water partition coefficient (Wildman–Crippen LogP) is 2.75. The second kappa shape index (κ2) is 9.46. The zero-order valence-electron chi connectivity index (χ0n) is 17.2. The second-order valence-electron chi connectivity index (χ2n) is 7.20. The molecule has 1 fully saturated rings. The lowest BCUT2D eigenvalue weighted by Crippen LogP contribution is -2.40. The van der Waals surface area contributed by atoms with Gasteiger partial charge in [-0.05, 0) is 43.4 Å². The molecule has 3 aromatic rings. The lowest BCUT2D eigenvalue weighted by molar-refractivity contribution is 0.0936. The Labute approximate surface area is 179 Å². The number of nitrogens with zero attached hydrogens (tertiary/aromatic N) is 5. The van der Waals surface area contributed by atoms with Gasteiger partial charge in [0.2, 0.25) is 0 Å². The highest BCUT2D eigenvalue weighted by molar-refractivity contribution is 7.13. The number of hydrogen-bond acceptors (Lipinski definition) is 7. The summed E-state index contributed by atoms with van der Waals surface area (Å²) in [5.41, 5.74) is 1.95. The van der Waals surface area contributed by atoms with Crippen LogP contribution in [0.3, 0.4) is 0 Å². The minimum Gasteiger partial charge on any atom is -0.378 e. The Morgan fingerprint density at radius 1 is 1.40 bits per heavy atom. The minimum atomic E-state index is -0.148. The molecule has 0 spiro atoms. The van der Waals surface area contributed by atoms with Crippen LogP contribution in [0.2, 0.25) is 0 Å². The van der Waals surface area contributed by atoms with Crippen LogP contribution in [-0.2, 0) is 11.3 Å². The summed E-state index contributed by atoms with van der Waals surface area (Å²) in [5.74, 6) is 0.269. The number of thiophene rings is 1. The maximum absolute atomic E-state index is 12.9. The average Bonchev–Trinajstić information content (AvgIpc) is 3.53. The molecule has 1 saturated heterocycles. The fourth-order valence-corrected chi connectivity index (χ4v) is 4.57. The van der Waals surface area contributed by atoms with E-state index >= 15 is 0 Å². The predicted molar refractivity (Wildman–Crippen MR) is 116 cm³/mol. The monoisotopic (exact) mass is 426 g/mol. The van der Waals surface area contributed by atoms with E-state index in [2.05, 4.69) is 32.2 Å². The van der Waals surface area contributed by atoms with E-state index in [1.165, 1.54) is 6.42 Å². The first-order valence-electron chi connectivity index (χ1n) is 10.2. The van der Waals surface area contributed by atoms with Crippen molar-refractivity contribution in [3.8, 4) is 16.5 Å². The molecular formula is C21H26N6O2S. The van der Waals surface area contributed by atoms with Crippen LogP contribution < -0.4 is 5.32 Å². The third-order valence-electron chi connectivity index (χ3n) is 5.40.